The van der Waals surface area contributed by atoms with Gasteiger partial charge in [0.15, 0.2) is 0 Å². The summed E-state index contributed by atoms with van der Waals surface area (Å²) in [6.45, 7) is 0.501. The van der Waals surface area contributed by atoms with Crippen molar-refractivity contribution in [3.05, 3.63) is 84.9 Å². The van der Waals surface area contributed by atoms with Crippen LogP contribution in [0, 0.1) is 0 Å². The molecule has 0 aliphatic rings. The predicted molar refractivity (Wildman–Crippen MR) is 117 cm³/mol. The van der Waals surface area contributed by atoms with Gasteiger partial charge < -0.3 is 15.2 Å². The Morgan fingerprint density at radius 2 is 1.62 bits per heavy atom. The first-order valence-electron chi connectivity index (χ1n) is 9.54. The van der Waals surface area contributed by atoms with Crippen molar-refractivity contribution < 1.29 is 9.84 Å². The van der Waals surface area contributed by atoms with Gasteiger partial charge in [-0.05, 0) is 23.8 Å². The molecule has 0 aliphatic carbocycles. The first kappa shape index (κ1) is 18.8. The highest BCUT2D eigenvalue weighted by molar-refractivity contribution is 5.76. The fourth-order valence-electron chi connectivity index (χ4n) is 3.32. The van der Waals surface area contributed by atoms with Gasteiger partial charge in [0.2, 0.25) is 0 Å². The minimum atomic E-state index is 0.0516. The largest absolute Gasteiger partial charge is 0.497 e. The summed E-state index contributed by atoms with van der Waals surface area (Å²) in [7, 11) is 1.67. The van der Waals surface area contributed by atoms with Crippen LogP contribution in [0.3, 0.4) is 0 Å². The Hall–Kier alpha value is -3.57. The Labute approximate surface area is 170 Å². The summed E-state index contributed by atoms with van der Waals surface area (Å²) in [6.07, 6.45) is 0. The van der Waals surface area contributed by atoms with Gasteiger partial charge in [0.1, 0.15) is 11.6 Å². The molecule has 0 unspecified atom stereocenters. The lowest BCUT2D eigenvalue weighted by Gasteiger charge is -2.13. The number of ether oxygens (including phenoxy) is 1. The highest BCUT2D eigenvalue weighted by Gasteiger charge is 2.15. The van der Waals surface area contributed by atoms with Crippen molar-refractivity contribution in [3.8, 4) is 33.8 Å². The molecule has 4 aromatic rings. The van der Waals surface area contributed by atoms with E-state index in [0.29, 0.717) is 6.54 Å². The third-order valence-electron chi connectivity index (χ3n) is 4.73. The van der Waals surface area contributed by atoms with Crippen molar-refractivity contribution in [2.75, 3.05) is 25.6 Å². The number of methoxy groups -OCH3 is 1. The van der Waals surface area contributed by atoms with Gasteiger partial charge in [0.25, 0.3) is 0 Å². The molecule has 4 rings (SSSR count). The number of nitrogens with one attached hydrogen (secondary N) is 1. The number of hydrogen-bond acceptors (Lipinski definition) is 4. The third-order valence-corrected chi connectivity index (χ3v) is 4.73. The Kier molecular flexibility index (Phi) is 5.59. The highest BCUT2D eigenvalue weighted by Crippen LogP contribution is 2.32. The zero-order valence-electron chi connectivity index (χ0n) is 16.2. The quantitative estimate of drug-likeness (QED) is 0.487. The fraction of sp³-hybridized carbons (Fsp3) is 0.125. The molecule has 0 radical (unpaired) electrons. The maximum absolute atomic E-state index is 9.17. The normalized spacial score (nSPS) is 10.7. The molecule has 5 heteroatoms. The van der Waals surface area contributed by atoms with Crippen LogP contribution in [0.4, 0.5) is 5.82 Å². The van der Waals surface area contributed by atoms with E-state index >= 15 is 0 Å². The van der Waals surface area contributed by atoms with Gasteiger partial charge in [-0.1, -0.05) is 60.7 Å². The summed E-state index contributed by atoms with van der Waals surface area (Å²) in [6, 6.07) is 28.4. The second-order valence-corrected chi connectivity index (χ2v) is 6.59. The van der Waals surface area contributed by atoms with E-state index in [1.165, 1.54) is 0 Å². The Morgan fingerprint density at radius 1 is 0.897 bits per heavy atom. The lowest BCUT2D eigenvalue weighted by molar-refractivity contribution is 0.311. The molecule has 0 bridgehead atoms. The van der Waals surface area contributed by atoms with Gasteiger partial charge in [-0.3, -0.25) is 0 Å². The average Bonchev–Trinajstić information content (AvgIpc) is 3.22. The van der Waals surface area contributed by atoms with Crippen molar-refractivity contribution in [1.29, 1.82) is 0 Å². The predicted octanol–water partition coefficient (Wildman–Crippen LogP) is 4.62. The van der Waals surface area contributed by atoms with Crippen LogP contribution in [-0.2, 0) is 0 Å². The summed E-state index contributed by atoms with van der Waals surface area (Å²) < 4.78 is 7.24. The number of rotatable bonds is 7. The van der Waals surface area contributed by atoms with Crippen molar-refractivity contribution in [2.45, 2.75) is 0 Å². The van der Waals surface area contributed by atoms with Gasteiger partial charge in [0.05, 0.1) is 25.1 Å². The van der Waals surface area contributed by atoms with Crippen molar-refractivity contribution >= 4 is 5.82 Å². The maximum Gasteiger partial charge on any atom is 0.149 e. The number of aliphatic hydroxyl groups is 1. The second kappa shape index (κ2) is 8.63. The van der Waals surface area contributed by atoms with Crippen molar-refractivity contribution in [2.24, 2.45) is 0 Å². The number of nitrogens with zero attached hydrogens (tertiary/aromatic N) is 2. The first-order chi connectivity index (χ1) is 14.3. The Morgan fingerprint density at radius 3 is 2.34 bits per heavy atom. The first-order valence-corrected chi connectivity index (χ1v) is 9.54. The summed E-state index contributed by atoms with van der Waals surface area (Å²) in [5.74, 6) is 1.55. The molecule has 0 saturated heterocycles. The zero-order valence-corrected chi connectivity index (χ0v) is 16.2. The summed E-state index contributed by atoms with van der Waals surface area (Å²) in [4.78, 5) is 0. The Balaban J connectivity index is 1.85. The zero-order chi connectivity index (χ0) is 20.1. The molecule has 0 amide bonds. The molecule has 3 aromatic carbocycles. The summed E-state index contributed by atoms with van der Waals surface area (Å²) in [5, 5.41) is 17.1. The summed E-state index contributed by atoms with van der Waals surface area (Å²) >= 11 is 0. The van der Waals surface area contributed by atoms with E-state index in [0.717, 1.165) is 39.6 Å². The van der Waals surface area contributed by atoms with Crippen LogP contribution in [0.5, 0.6) is 5.75 Å². The molecule has 0 spiro atoms. The van der Waals surface area contributed by atoms with Crippen LogP contribution in [0.25, 0.3) is 28.1 Å². The number of para-hydroxylation sites is 1. The topological polar surface area (TPSA) is 59.3 Å². The molecule has 0 saturated carbocycles. The number of benzene rings is 3. The van der Waals surface area contributed by atoms with E-state index in [4.69, 9.17) is 14.9 Å². The van der Waals surface area contributed by atoms with E-state index < -0.39 is 0 Å². The molecule has 0 aliphatic heterocycles. The SMILES string of the molecule is COc1ccc(-c2ccccc2-n2nc(NCCO)cc2-c2ccccc2)cc1. The molecule has 5 nitrogen and oxygen atoms in total. The van der Waals surface area contributed by atoms with Gasteiger partial charge in [-0.2, -0.15) is 0 Å². The van der Waals surface area contributed by atoms with Crippen LogP contribution in [-0.4, -0.2) is 35.1 Å². The van der Waals surface area contributed by atoms with Crippen molar-refractivity contribution in [3.63, 3.8) is 0 Å². The molecule has 29 heavy (non-hydrogen) atoms. The fourth-order valence-corrected chi connectivity index (χ4v) is 3.32. The standard InChI is InChI=1S/C24H23N3O2/c1-29-20-13-11-18(12-14-20)21-9-5-6-10-22(21)27-23(19-7-3-2-4-8-19)17-24(26-27)25-15-16-28/h2-14,17,28H,15-16H2,1H3,(H,25,26). The molecule has 146 valence electrons. The van der Waals surface area contributed by atoms with Gasteiger partial charge in [-0.15, -0.1) is 5.10 Å². The third kappa shape index (κ3) is 4.00. The van der Waals surface area contributed by atoms with Crippen LogP contribution in [0.15, 0.2) is 84.9 Å². The van der Waals surface area contributed by atoms with Crippen LogP contribution < -0.4 is 10.1 Å². The number of hydrogen-bond donors (Lipinski definition) is 2. The van der Waals surface area contributed by atoms with E-state index in [2.05, 4.69) is 29.6 Å². The molecule has 1 aromatic heterocycles. The second-order valence-electron chi connectivity index (χ2n) is 6.59. The van der Waals surface area contributed by atoms with Gasteiger partial charge in [-0.25, -0.2) is 4.68 Å². The highest BCUT2D eigenvalue weighted by atomic mass is 16.5. The monoisotopic (exact) mass is 385 g/mol. The molecule has 0 fully saturated rings. The average molecular weight is 385 g/mol. The van der Waals surface area contributed by atoms with Gasteiger partial charge in [0, 0.05) is 23.7 Å². The summed E-state index contributed by atoms with van der Waals surface area (Å²) in [5.41, 5.74) is 5.19. The van der Waals surface area contributed by atoms with E-state index in [1.54, 1.807) is 7.11 Å². The Bertz CT molecular complexity index is 1070. The van der Waals surface area contributed by atoms with E-state index in [9.17, 15) is 0 Å². The lowest BCUT2D eigenvalue weighted by atomic mass is 10.0. The maximum atomic E-state index is 9.17. The van der Waals surface area contributed by atoms with Crippen LogP contribution >= 0.6 is 0 Å². The number of aromatic nitrogens is 2. The number of anilines is 1. The molecular formula is C24H23N3O2. The molecule has 0 atom stereocenters. The number of aliphatic hydroxyl groups excluding tert-OH is 1. The lowest BCUT2D eigenvalue weighted by Crippen LogP contribution is -2.07. The molecule has 2 N–H and O–H groups in total. The van der Waals surface area contributed by atoms with E-state index in [-0.39, 0.29) is 6.61 Å². The van der Waals surface area contributed by atoms with Crippen LogP contribution in [0.2, 0.25) is 0 Å². The van der Waals surface area contributed by atoms with Crippen LogP contribution in [0.1, 0.15) is 0 Å². The molecular weight excluding hydrogens is 362 g/mol. The molecule has 1 heterocycles. The van der Waals surface area contributed by atoms with Crippen molar-refractivity contribution in [1.82, 2.24) is 9.78 Å². The minimum absolute atomic E-state index is 0.0516. The van der Waals surface area contributed by atoms with Gasteiger partial charge >= 0.3 is 0 Å². The van der Waals surface area contributed by atoms with E-state index in [1.807, 2.05) is 65.3 Å². The smallest absolute Gasteiger partial charge is 0.149 e. The minimum Gasteiger partial charge on any atom is -0.497 e.